The van der Waals surface area contributed by atoms with Gasteiger partial charge in [0.25, 0.3) is 10.2 Å². The molecule has 0 spiro atoms. The molecule has 1 amide bonds. The molecule has 1 aromatic heterocycles. The summed E-state index contributed by atoms with van der Waals surface area (Å²) in [6, 6.07) is 3.07. The predicted octanol–water partition coefficient (Wildman–Crippen LogP) is -1.17. The molecule has 2 aliphatic heterocycles. The summed E-state index contributed by atoms with van der Waals surface area (Å²) in [4.78, 5) is 18.3. The van der Waals surface area contributed by atoms with E-state index in [1.165, 1.54) is 27.1 Å². The first-order valence-corrected chi connectivity index (χ1v) is 11.6. The minimum atomic E-state index is -3.72. The van der Waals surface area contributed by atoms with Crippen molar-refractivity contribution in [3.05, 3.63) is 24.5 Å². The van der Waals surface area contributed by atoms with E-state index < -0.39 is 20.2 Å². The molecular formula is C15H23N5O5S2. The standard InChI is InChI=1S/C15H23N5O5S2/c16-27(24,25)20-6-3-13(4-7-20)15(21)18-8-10-19(11-9-18)26(22,23)14-2-1-5-17-12-14/h1-2,5,12-13H,3-4,6-11H2,(H2,16,24,25). The van der Waals surface area contributed by atoms with E-state index in [1.54, 1.807) is 11.0 Å². The number of nitrogens with zero attached hydrogens (tertiary/aromatic N) is 4. The summed E-state index contributed by atoms with van der Waals surface area (Å²) >= 11 is 0. The van der Waals surface area contributed by atoms with Gasteiger partial charge in [-0.05, 0) is 25.0 Å². The SMILES string of the molecule is NS(=O)(=O)N1CCC(C(=O)N2CCN(S(=O)(=O)c3cccnc3)CC2)CC1. The fourth-order valence-corrected chi connectivity index (χ4v) is 5.52. The average molecular weight is 418 g/mol. The van der Waals surface area contributed by atoms with Crippen LogP contribution in [0.3, 0.4) is 0 Å². The van der Waals surface area contributed by atoms with E-state index in [-0.39, 0.29) is 42.9 Å². The molecule has 2 N–H and O–H groups in total. The van der Waals surface area contributed by atoms with E-state index in [4.69, 9.17) is 5.14 Å². The average Bonchev–Trinajstić information content (AvgIpc) is 2.67. The number of piperidine rings is 1. The Morgan fingerprint density at radius 3 is 2.15 bits per heavy atom. The lowest BCUT2D eigenvalue weighted by Crippen LogP contribution is -2.53. The predicted molar refractivity (Wildman–Crippen MR) is 97.0 cm³/mol. The van der Waals surface area contributed by atoms with Gasteiger partial charge in [-0.15, -0.1) is 0 Å². The van der Waals surface area contributed by atoms with Crippen LogP contribution in [0.15, 0.2) is 29.4 Å². The van der Waals surface area contributed by atoms with Crippen LogP contribution in [-0.4, -0.2) is 80.5 Å². The van der Waals surface area contributed by atoms with Gasteiger partial charge in [0.05, 0.1) is 0 Å². The molecular weight excluding hydrogens is 394 g/mol. The number of pyridine rings is 1. The Hall–Kier alpha value is -1.60. The van der Waals surface area contributed by atoms with Crippen molar-refractivity contribution in [3.8, 4) is 0 Å². The van der Waals surface area contributed by atoms with Crippen molar-refractivity contribution < 1.29 is 21.6 Å². The summed E-state index contributed by atoms with van der Waals surface area (Å²) in [5, 5.41) is 5.11. The fraction of sp³-hybridized carbons (Fsp3) is 0.600. The normalized spacial score (nSPS) is 21.3. The largest absolute Gasteiger partial charge is 0.340 e. The maximum atomic E-state index is 12.7. The summed E-state index contributed by atoms with van der Waals surface area (Å²) in [6.45, 7) is 1.52. The summed E-state index contributed by atoms with van der Waals surface area (Å²) in [7, 11) is -7.33. The van der Waals surface area contributed by atoms with Crippen molar-refractivity contribution in [3.63, 3.8) is 0 Å². The van der Waals surface area contributed by atoms with Crippen molar-refractivity contribution in [2.75, 3.05) is 39.3 Å². The molecule has 150 valence electrons. The van der Waals surface area contributed by atoms with Gasteiger partial charge in [0.1, 0.15) is 4.90 Å². The Kier molecular flexibility index (Phi) is 5.82. The molecule has 1 aromatic rings. The van der Waals surface area contributed by atoms with Crippen LogP contribution in [0.5, 0.6) is 0 Å². The van der Waals surface area contributed by atoms with Gasteiger partial charge in [-0.25, -0.2) is 13.6 Å². The third-order valence-corrected chi connectivity index (χ3v) is 7.95. The van der Waals surface area contributed by atoms with Gasteiger partial charge in [-0.2, -0.15) is 17.0 Å². The van der Waals surface area contributed by atoms with Gasteiger partial charge < -0.3 is 4.90 Å². The molecule has 10 nitrogen and oxygen atoms in total. The quantitative estimate of drug-likeness (QED) is 0.656. The van der Waals surface area contributed by atoms with E-state index in [0.717, 1.165) is 0 Å². The van der Waals surface area contributed by atoms with Crippen LogP contribution in [0.2, 0.25) is 0 Å². The number of amides is 1. The Labute approximate surface area is 159 Å². The molecule has 3 rings (SSSR count). The highest BCUT2D eigenvalue weighted by Crippen LogP contribution is 2.23. The van der Waals surface area contributed by atoms with Crippen LogP contribution < -0.4 is 5.14 Å². The minimum Gasteiger partial charge on any atom is -0.340 e. The lowest BCUT2D eigenvalue weighted by molar-refractivity contribution is -0.137. The molecule has 2 fully saturated rings. The molecule has 12 heteroatoms. The highest BCUT2D eigenvalue weighted by molar-refractivity contribution is 7.89. The first-order valence-electron chi connectivity index (χ1n) is 8.66. The number of nitrogens with two attached hydrogens (primary N) is 1. The smallest absolute Gasteiger partial charge is 0.276 e. The number of rotatable bonds is 4. The molecule has 0 saturated carbocycles. The number of sulfonamides is 1. The van der Waals surface area contributed by atoms with Crippen molar-refractivity contribution in [2.45, 2.75) is 17.7 Å². The monoisotopic (exact) mass is 417 g/mol. The fourth-order valence-electron chi connectivity index (χ4n) is 3.41. The van der Waals surface area contributed by atoms with Crippen molar-refractivity contribution in [1.82, 2.24) is 18.5 Å². The van der Waals surface area contributed by atoms with E-state index >= 15 is 0 Å². The zero-order chi connectivity index (χ0) is 19.7. The third kappa shape index (κ3) is 4.46. The van der Waals surface area contributed by atoms with Crippen LogP contribution >= 0.6 is 0 Å². The molecule has 0 aliphatic carbocycles. The lowest BCUT2D eigenvalue weighted by Gasteiger charge is -2.37. The molecule has 0 atom stereocenters. The van der Waals surface area contributed by atoms with Gasteiger partial charge >= 0.3 is 0 Å². The number of aromatic nitrogens is 1. The van der Waals surface area contributed by atoms with Gasteiger partial charge in [-0.3, -0.25) is 9.78 Å². The molecule has 27 heavy (non-hydrogen) atoms. The number of piperazine rings is 1. The minimum absolute atomic E-state index is 0.0532. The van der Waals surface area contributed by atoms with Gasteiger partial charge in [-0.1, -0.05) is 0 Å². The highest BCUT2D eigenvalue weighted by atomic mass is 32.2. The molecule has 3 heterocycles. The highest BCUT2D eigenvalue weighted by Gasteiger charge is 2.35. The number of hydrogen-bond acceptors (Lipinski definition) is 6. The lowest BCUT2D eigenvalue weighted by atomic mass is 9.96. The van der Waals surface area contributed by atoms with Crippen molar-refractivity contribution >= 4 is 26.1 Å². The summed E-state index contributed by atoms with van der Waals surface area (Å²) in [5.74, 6) is -0.313. The summed E-state index contributed by atoms with van der Waals surface area (Å²) < 4.78 is 50.4. The Balaban J connectivity index is 1.56. The van der Waals surface area contributed by atoms with Crippen LogP contribution in [-0.2, 0) is 25.0 Å². The zero-order valence-electron chi connectivity index (χ0n) is 14.8. The van der Waals surface area contributed by atoms with Crippen LogP contribution in [0.1, 0.15) is 12.8 Å². The van der Waals surface area contributed by atoms with E-state index in [2.05, 4.69) is 4.98 Å². The van der Waals surface area contributed by atoms with E-state index in [0.29, 0.717) is 25.9 Å². The third-order valence-electron chi connectivity index (χ3n) is 4.99. The number of hydrogen-bond donors (Lipinski definition) is 1. The summed E-state index contributed by atoms with van der Waals surface area (Å²) in [6.07, 6.45) is 3.66. The second-order valence-electron chi connectivity index (χ2n) is 6.64. The number of carbonyl (C=O) groups excluding carboxylic acids is 1. The van der Waals surface area contributed by atoms with Gasteiger partial charge in [0, 0.05) is 57.6 Å². The molecule has 0 radical (unpaired) electrons. The first-order chi connectivity index (χ1) is 12.7. The van der Waals surface area contributed by atoms with E-state index in [1.807, 2.05) is 0 Å². The molecule has 0 aromatic carbocycles. The number of carbonyl (C=O) groups is 1. The van der Waals surface area contributed by atoms with Crippen LogP contribution in [0.25, 0.3) is 0 Å². The topological polar surface area (TPSA) is 134 Å². The summed E-state index contributed by atoms with van der Waals surface area (Å²) in [5.41, 5.74) is 0. The van der Waals surface area contributed by atoms with Gasteiger partial charge in [0.15, 0.2) is 0 Å². The second-order valence-corrected chi connectivity index (χ2v) is 10.1. The van der Waals surface area contributed by atoms with Crippen LogP contribution in [0, 0.1) is 5.92 Å². The molecule has 2 saturated heterocycles. The Morgan fingerprint density at radius 2 is 1.63 bits per heavy atom. The molecule has 2 aliphatic rings. The molecule has 0 unspecified atom stereocenters. The first kappa shape index (κ1) is 20.1. The zero-order valence-corrected chi connectivity index (χ0v) is 16.4. The molecule has 0 bridgehead atoms. The van der Waals surface area contributed by atoms with Crippen molar-refractivity contribution in [1.29, 1.82) is 0 Å². The maximum Gasteiger partial charge on any atom is 0.276 e. The van der Waals surface area contributed by atoms with E-state index in [9.17, 15) is 21.6 Å². The second kappa shape index (κ2) is 7.80. The maximum absolute atomic E-state index is 12.7. The Morgan fingerprint density at radius 1 is 1.00 bits per heavy atom. The Bertz CT molecular complexity index is 874. The van der Waals surface area contributed by atoms with Crippen LogP contribution in [0.4, 0.5) is 0 Å². The van der Waals surface area contributed by atoms with Gasteiger partial charge in [0.2, 0.25) is 15.9 Å². The van der Waals surface area contributed by atoms with Crippen molar-refractivity contribution in [2.24, 2.45) is 11.1 Å².